The molecular weight excluding hydrogens is 372 g/mol. The van der Waals surface area contributed by atoms with Gasteiger partial charge in [0.1, 0.15) is 6.10 Å². The molecule has 5 heteroatoms. The molecule has 28 heavy (non-hydrogen) atoms. The van der Waals surface area contributed by atoms with Crippen molar-refractivity contribution in [2.24, 2.45) is 0 Å². The van der Waals surface area contributed by atoms with Crippen LogP contribution in [0.25, 0.3) is 11.1 Å². The van der Waals surface area contributed by atoms with E-state index in [1.807, 2.05) is 77.8 Å². The third kappa shape index (κ3) is 4.41. The zero-order chi connectivity index (χ0) is 19.3. The Hall–Kier alpha value is -2.69. The van der Waals surface area contributed by atoms with Crippen molar-refractivity contribution < 1.29 is 9.53 Å². The van der Waals surface area contributed by atoms with E-state index in [1.165, 1.54) is 0 Å². The second-order valence-corrected chi connectivity index (χ2v) is 7.28. The van der Waals surface area contributed by atoms with Crippen LogP contribution in [0.4, 0.5) is 0 Å². The maximum Gasteiger partial charge on any atom is 0.227 e. The Kier molecular flexibility index (Phi) is 5.70. The lowest BCUT2D eigenvalue weighted by atomic mass is 10.1. The van der Waals surface area contributed by atoms with Crippen molar-refractivity contribution in [2.45, 2.75) is 12.5 Å². The molecule has 1 aliphatic heterocycles. The SMILES string of the molecule is O=C(Cc1ccccc1)N1CCO[C@H](c2ccc(-c3cccc(Cl)c3)cn2)C1. The third-order valence-electron chi connectivity index (χ3n) is 4.89. The highest BCUT2D eigenvalue weighted by Crippen LogP contribution is 2.25. The Morgan fingerprint density at radius 3 is 2.68 bits per heavy atom. The van der Waals surface area contributed by atoms with Gasteiger partial charge in [-0.2, -0.15) is 0 Å². The van der Waals surface area contributed by atoms with Gasteiger partial charge in [-0.25, -0.2) is 0 Å². The van der Waals surface area contributed by atoms with Gasteiger partial charge in [0.15, 0.2) is 0 Å². The maximum absolute atomic E-state index is 12.7. The van der Waals surface area contributed by atoms with Crippen molar-refractivity contribution in [1.29, 1.82) is 0 Å². The number of ether oxygens (including phenoxy) is 1. The number of aromatic nitrogens is 1. The normalized spacial score (nSPS) is 16.8. The first-order valence-electron chi connectivity index (χ1n) is 9.34. The molecule has 2 aromatic carbocycles. The minimum atomic E-state index is -0.207. The van der Waals surface area contributed by atoms with Gasteiger partial charge in [0, 0.05) is 23.3 Å². The van der Waals surface area contributed by atoms with Gasteiger partial charge in [-0.05, 0) is 29.3 Å². The van der Waals surface area contributed by atoms with Crippen LogP contribution in [0.3, 0.4) is 0 Å². The zero-order valence-corrected chi connectivity index (χ0v) is 16.2. The summed E-state index contributed by atoms with van der Waals surface area (Å²) in [6, 6.07) is 21.5. The number of amides is 1. The summed E-state index contributed by atoms with van der Waals surface area (Å²) in [6.07, 6.45) is 2.03. The molecule has 0 unspecified atom stereocenters. The number of benzene rings is 2. The molecule has 1 amide bonds. The van der Waals surface area contributed by atoms with Crippen LogP contribution in [0.15, 0.2) is 72.9 Å². The molecule has 0 N–H and O–H groups in total. The zero-order valence-electron chi connectivity index (χ0n) is 15.4. The molecule has 142 valence electrons. The number of hydrogen-bond donors (Lipinski definition) is 0. The average Bonchev–Trinajstić information content (AvgIpc) is 2.75. The highest BCUT2D eigenvalue weighted by Gasteiger charge is 2.26. The monoisotopic (exact) mass is 392 g/mol. The second kappa shape index (κ2) is 8.55. The van der Waals surface area contributed by atoms with Crippen LogP contribution in [-0.4, -0.2) is 35.5 Å². The number of halogens is 1. The van der Waals surface area contributed by atoms with E-state index in [9.17, 15) is 4.79 Å². The molecule has 0 bridgehead atoms. The van der Waals surface area contributed by atoms with Gasteiger partial charge in [0.2, 0.25) is 5.91 Å². The molecule has 1 aromatic heterocycles. The molecule has 4 rings (SSSR count). The van der Waals surface area contributed by atoms with Crippen LogP contribution in [0, 0.1) is 0 Å². The van der Waals surface area contributed by atoms with Crippen molar-refractivity contribution in [3.63, 3.8) is 0 Å². The number of morpholine rings is 1. The molecule has 0 saturated carbocycles. The number of rotatable bonds is 4. The highest BCUT2D eigenvalue weighted by atomic mass is 35.5. The summed E-state index contributed by atoms with van der Waals surface area (Å²) in [5, 5.41) is 0.699. The molecule has 1 fully saturated rings. The molecule has 2 heterocycles. The molecule has 1 atom stereocenters. The van der Waals surface area contributed by atoms with Crippen molar-refractivity contribution in [1.82, 2.24) is 9.88 Å². The lowest BCUT2D eigenvalue weighted by molar-refractivity contribution is -0.138. The molecule has 0 radical (unpaired) electrons. The van der Waals surface area contributed by atoms with Gasteiger partial charge < -0.3 is 9.64 Å². The van der Waals surface area contributed by atoms with Gasteiger partial charge in [0.05, 0.1) is 25.3 Å². The maximum atomic E-state index is 12.7. The predicted octanol–water partition coefficient (Wildman–Crippen LogP) is 4.54. The fourth-order valence-corrected chi connectivity index (χ4v) is 3.56. The van der Waals surface area contributed by atoms with Gasteiger partial charge in [-0.15, -0.1) is 0 Å². The number of carbonyl (C=O) groups excluding carboxylic acids is 1. The van der Waals surface area contributed by atoms with E-state index in [2.05, 4.69) is 4.98 Å². The Labute approximate surface area is 169 Å². The van der Waals surface area contributed by atoms with Crippen LogP contribution < -0.4 is 0 Å². The van der Waals surface area contributed by atoms with Crippen molar-refractivity contribution >= 4 is 17.5 Å². The largest absolute Gasteiger partial charge is 0.368 e. The molecule has 1 saturated heterocycles. The van der Waals surface area contributed by atoms with Crippen molar-refractivity contribution in [2.75, 3.05) is 19.7 Å². The Morgan fingerprint density at radius 1 is 1.07 bits per heavy atom. The first kappa shape index (κ1) is 18.7. The lowest BCUT2D eigenvalue weighted by Gasteiger charge is -2.32. The van der Waals surface area contributed by atoms with Crippen LogP contribution in [0.5, 0.6) is 0 Å². The van der Waals surface area contributed by atoms with E-state index in [0.717, 1.165) is 22.4 Å². The average molecular weight is 393 g/mol. The summed E-state index contributed by atoms with van der Waals surface area (Å²) in [4.78, 5) is 19.1. The standard InChI is InChI=1S/C23H21ClN2O2/c24-20-8-4-7-18(14-20)19-9-10-21(25-15-19)22-16-26(11-12-28-22)23(27)13-17-5-2-1-3-6-17/h1-10,14-15,22H,11-13,16H2/t22-/m0/s1. The van der Waals surface area contributed by atoms with Crippen molar-refractivity contribution in [3.8, 4) is 11.1 Å². The van der Waals surface area contributed by atoms with Gasteiger partial charge in [0.25, 0.3) is 0 Å². The highest BCUT2D eigenvalue weighted by molar-refractivity contribution is 6.30. The van der Waals surface area contributed by atoms with Crippen LogP contribution >= 0.6 is 11.6 Å². The summed E-state index contributed by atoms with van der Waals surface area (Å²) in [7, 11) is 0. The van der Waals surface area contributed by atoms with E-state index in [1.54, 1.807) is 0 Å². The molecule has 0 aliphatic carbocycles. The van der Waals surface area contributed by atoms with Gasteiger partial charge >= 0.3 is 0 Å². The van der Waals surface area contributed by atoms with E-state index >= 15 is 0 Å². The van der Waals surface area contributed by atoms with Crippen LogP contribution in [0.1, 0.15) is 17.4 Å². The topological polar surface area (TPSA) is 42.4 Å². The van der Waals surface area contributed by atoms with E-state index in [-0.39, 0.29) is 12.0 Å². The third-order valence-corrected chi connectivity index (χ3v) is 5.13. The van der Waals surface area contributed by atoms with Crippen LogP contribution in [0.2, 0.25) is 5.02 Å². The predicted molar refractivity (Wildman–Crippen MR) is 110 cm³/mol. The summed E-state index contributed by atoms with van der Waals surface area (Å²) in [6.45, 7) is 1.65. The number of hydrogen-bond acceptors (Lipinski definition) is 3. The van der Waals surface area contributed by atoms with E-state index in [0.29, 0.717) is 31.1 Å². The van der Waals surface area contributed by atoms with Crippen molar-refractivity contribution in [3.05, 3.63) is 89.2 Å². The summed E-state index contributed by atoms with van der Waals surface area (Å²) < 4.78 is 5.88. The smallest absolute Gasteiger partial charge is 0.227 e. The van der Waals surface area contributed by atoms with E-state index < -0.39 is 0 Å². The fraction of sp³-hybridized carbons (Fsp3) is 0.217. The quantitative estimate of drug-likeness (QED) is 0.654. The molecule has 4 nitrogen and oxygen atoms in total. The minimum absolute atomic E-state index is 0.120. The summed E-state index contributed by atoms with van der Waals surface area (Å²) in [5.74, 6) is 0.120. The Morgan fingerprint density at radius 2 is 1.93 bits per heavy atom. The molecule has 0 spiro atoms. The molecular formula is C23H21ClN2O2. The Bertz CT molecular complexity index is 944. The first-order valence-corrected chi connectivity index (χ1v) is 9.72. The first-order chi connectivity index (χ1) is 13.7. The summed E-state index contributed by atoms with van der Waals surface area (Å²) >= 11 is 6.07. The van der Waals surface area contributed by atoms with Crippen LogP contribution in [-0.2, 0) is 16.0 Å². The van der Waals surface area contributed by atoms with Gasteiger partial charge in [-0.3, -0.25) is 9.78 Å². The van der Waals surface area contributed by atoms with Gasteiger partial charge in [-0.1, -0.05) is 60.1 Å². The van der Waals surface area contributed by atoms with E-state index in [4.69, 9.17) is 16.3 Å². The lowest BCUT2D eigenvalue weighted by Crippen LogP contribution is -2.43. The number of pyridine rings is 1. The minimum Gasteiger partial charge on any atom is -0.368 e. The fourth-order valence-electron chi connectivity index (χ4n) is 3.37. The number of nitrogens with zero attached hydrogens (tertiary/aromatic N) is 2. The molecule has 1 aliphatic rings. The summed E-state index contributed by atoms with van der Waals surface area (Å²) in [5.41, 5.74) is 3.89. The number of carbonyl (C=O) groups is 1. The Balaban J connectivity index is 1.43. The second-order valence-electron chi connectivity index (χ2n) is 6.84. The molecule has 3 aromatic rings.